The lowest BCUT2D eigenvalue weighted by atomic mass is 9.79. The first-order chi connectivity index (χ1) is 46.2. The van der Waals surface area contributed by atoms with Gasteiger partial charge in [0.2, 0.25) is 23.6 Å². The lowest BCUT2D eigenvalue weighted by Crippen LogP contribution is -2.43. The van der Waals surface area contributed by atoms with Gasteiger partial charge in [-0.2, -0.15) is 16.8 Å². The van der Waals surface area contributed by atoms with E-state index in [0.29, 0.717) is 56.3 Å². The second kappa shape index (κ2) is 34.1. The summed E-state index contributed by atoms with van der Waals surface area (Å²) < 4.78 is 95.1. The molecule has 29 heteroatoms. The summed E-state index contributed by atoms with van der Waals surface area (Å²) in [4.78, 5) is 93.9. The zero-order valence-electron chi connectivity index (χ0n) is 56.4. The van der Waals surface area contributed by atoms with Crippen LogP contribution in [0.4, 0.5) is 5.69 Å². The second-order valence-electron chi connectivity index (χ2n) is 27.6. The second-order valence-corrected chi connectivity index (χ2v) is 32.4. The van der Waals surface area contributed by atoms with Gasteiger partial charge in [0.25, 0.3) is 20.2 Å². The number of hydrogen-bond donors (Lipinski definition) is 8. The van der Waals surface area contributed by atoms with Crippen LogP contribution >= 0.6 is 46.6 Å². The van der Waals surface area contributed by atoms with Gasteiger partial charge in [0.05, 0.1) is 43.0 Å². The summed E-state index contributed by atoms with van der Waals surface area (Å²) in [5.41, 5.74) is -2.31. The smallest absolute Gasteiger partial charge is 0.337 e. The van der Waals surface area contributed by atoms with Crippen molar-refractivity contribution in [1.29, 1.82) is 0 Å². The quantitative estimate of drug-likeness (QED) is 0.00579. The van der Waals surface area contributed by atoms with E-state index in [9.17, 15) is 64.6 Å². The molecule has 0 aromatic heterocycles. The molecule has 2 saturated carbocycles. The molecule has 0 saturated heterocycles. The van der Waals surface area contributed by atoms with Crippen LogP contribution in [0.1, 0.15) is 240 Å². The Morgan fingerprint density at radius 3 is 1.86 bits per heavy atom. The van der Waals surface area contributed by atoms with Crippen LogP contribution in [0.3, 0.4) is 0 Å². The first-order valence-electron chi connectivity index (χ1n) is 33.9. The lowest BCUT2D eigenvalue weighted by molar-refractivity contribution is -0.155. The van der Waals surface area contributed by atoms with Crippen LogP contribution in [0.15, 0.2) is 44.0 Å². The fraction of sp³-hybridized carbons (Fsp3) is 0.594. The molecule has 98 heavy (non-hydrogen) atoms. The number of thioether (sulfide) groups is 1. The van der Waals surface area contributed by atoms with Crippen LogP contribution in [0.2, 0.25) is 15.1 Å². The molecule has 0 radical (unpaired) electrons. The number of unbranched alkanes of at least 4 members (excludes halogenated alkanes) is 7. The molecule has 0 spiro atoms. The molecule has 3 aliphatic heterocycles. The first-order valence-corrected chi connectivity index (χ1v) is 38.9. The van der Waals surface area contributed by atoms with Crippen molar-refractivity contribution < 1.29 is 78.8 Å². The minimum absolute atomic E-state index is 0.0205. The van der Waals surface area contributed by atoms with E-state index < -0.39 is 117 Å². The Morgan fingerprint density at radius 1 is 0.684 bits per heavy atom. The summed E-state index contributed by atoms with van der Waals surface area (Å²) in [6.45, 7) is 12.0. The van der Waals surface area contributed by atoms with Gasteiger partial charge in [0, 0.05) is 77.0 Å². The van der Waals surface area contributed by atoms with Crippen molar-refractivity contribution in [3.63, 3.8) is 0 Å². The van der Waals surface area contributed by atoms with Crippen molar-refractivity contribution in [2.24, 2.45) is 4.99 Å². The third-order valence-corrected chi connectivity index (χ3v) is 22.7. The average molecular weight is 1480 g/mol. The minimum Gasteiger partial charge on any atom is -0.478 e. The number of halogens is 3. The van der Waals surface area contributed by atoms with Gasteiger partial charge >= 0.3 is 17.9 Å². The first kappa shape index (κ1) is 77.7. The summed E-state index contributed by atoms with van der Waals surface area (Å²) in [6.07, 6.45) is 19.0. The van der Waals surface area contributed by atoms with E-state index in [1.165, 1.54) is 6.07 Å². The lowest BCUT2D eigenvalue weighted by Gasteiger charge is -2.40. The standard InChI is InChI=1S/C69H91Cl3N6O17S3/c1-39-36-68(3,4)77-59-43(39)34-45-53(46-35-44-40(2)37-69(5,6)78-60(44)65(98(90,91)92)62(46)95-61(45)64(59)97(87,88)89)54-55(66(84)85)56(70)58(72)63(57(54)71)96-38-51(82)75-33-21-13-18-26-48(79)73-31-19-9-7-8-10-20-32-74-49(80)28-29-50(81)76-47(67(86)94-42-24-16-12-17-25-42)27-30-52(83)93-41-22-14-11-15-23-41/h28-29,34-35,39-42,47,77H,7-27,30-33,36-38H2,1-6H3,(H,73,79)(H,74,80)(H,75,82)(H,76,81)(H,84,85)(H,87,88,89)(H,90,91,92)/b29-28+/t39?,40?,47-/m0/s1. The van der Waals surface area contributed by atoms with Crippen LogP contribution in [0.5, 0.6) is 11.5 Å². The number of fused-ring (bicyclic) bond motifs is 4. The van der Waals surface area contributed by atoms with Crippen LogP contribution < -0.4 is 41.9 Å². The molecule has 3 aromatic carbocycles. The predicted octanol–water partition coefficient (Wildman–Crippen LogP) is 11.7. The number of amides is 4. The molecule has 4 amide bonds. The van der Waals surface area contributed by atoms with Crippen molar-refractivity contribution in [1.82, 2.24) is 21.3 Å². The minimum atomic E-state index is -5.32. The van der Waals surface area contributed by atoms with Crippen LogP contribution in [0.25, 0.3) is 5.57 Å². The molecule has 2 fully saturated rings. The van der Waals surface area contributed by atoms with E-state index in [1.807, 2.05) is 27.7 Å². The summed E-state index contributed by atoms with van der Waals surface area (Å²) in [7, 11) is -10.6. The van der Waals surface area contributed by atoms with Gasteiger partial charge in [-0.1, -0.05) is 93.6 Å². The summed E-state index contributed by atoms with van der Waals surface area (Å²) in [5.74, 6) is -6.70. The number of carbonyl (C=O) groups excluding carboxylic acids is 6. The van der Waals surface area contributed by atoms with E-state index in [2.05, 4.69) is 26.6 Å². The Kier molecular flexibility index (Phi) is 27.1. The average Bonchev–Trinajstić information content (AvgIpc) is 0.711. The molecule has 3 heterocycles. The molecule has 8 N–H and O–H groups in total. The van der Waals surface area contributed by atoms with Crippen LogP contribution in [-0.2, 0) is 58.5 Å². The maximum atomic E-state index is 13.8. The van der Waals surface area contributed by atoms with E-state index in [1.54, 1.807) is 19.9 Å². The van der Waals surface area contributed by atoms with Gasteiger partial charge < -0.3 is 45.9 Å². The highest BCUT2D eigenvalue weighted by Crippen LogP contribution is 2.55. The maximum absolute atomic E-state index is 13.8. The fourth-order valence-electron chi connectivity index (χ4n) is 13.9. The van der Waals surface area contributed by atoms with Gasteiger partial charge in [-0.15, -0.1) is 11.8 Å². The van der Waals surface area contributed by atoms with Crippen molar-refractivity contribution in [2.75, 3.05) is 30.7 Å². The highest BCUT2D eigenvalue weighted by molar-refractivity contribution is 8.00. The molecule has 8 rings (SSSR count). The van der Waals surface area contributed by atoms with Gasteiger partial charge in [0.1, 0.15) is 18.2 Å². The van der Waals surface area contributed by atoms with E-state index in [0.717, 1.165) is 127 Å². The molecule has 0 bridgehead atoms. The number of hydrogen-bond acceptors (Lipinski definition) is 17. The Balaban J connectivity index is 0.799. The number of carboxylic acid groups (broad SMARTS) is 1. The molecule has 23 nitrogen and oxygen atoms in total. The number of aromatic carboxylic acids is 1. The monoisotopic (exact) mass is 1480 g/mol. The highest BCUT2D eigenvalue weighted by Gasteiger charge is 2.43. The number of esters is 2. The fourth-order valence-corrected chi connectivity index (χ4v) is 17.5. The third-order valence-electron chi connectivity index (χ3n) is 18.4. The summed E-state index contributed by atoms with van der Waals surface area (Å²) in [6, 6.07) is 2.02. The van der Waals surface area contributed by atoms with Crippen LogP contribution in [0, 0.1) is 0 Å². The Hall–Kier alpha value is -6.00. The topological polar surface area (TPSA) is 349 Å². The van der Waals surface area contributed by atoms with Gasteiger partial charge in [0.15, 0.2) is 21.3 Å². The zero-order chi connectivity index (χ0) is 71.4. The molecule has 2 aliphatic carbocycles. The van der Waals surface area contributed by atoms with E-state index >= 15 is 0 Å². The normalized spacial score (nSPS) is 18.5. The molecule has 538 valence electrons. The Labute approximate surface area is 592 Å². The van der Waals surface area contributed by atoms with E-state index in [-0.39, 0.29) is 97.6 Å². The number of benzene rings is 3. The van der Waals surface area contributed by atoms with E-state index in [4.69, 9.17) is 54.0 Å². The highest BCUT2D eigenvalue weighted by atomic mass is 35.5. The molecule has 3 atom stereocenters. The van der Waals surface area contributed by atoms with Crippen molar-refractivity contribution in [3.05, 3.63) is 77.7 Å². The number of nitrogens with one attached hydrogen (secondary N) is 5. The molecule has 2 unspecified atom stereocenters. The van der Waals surface area contributed by atoms with Crippen molar-refractivity contribution in [2.45, 2.75) is 251 Å². The van der Waals surface area contributed by atoms with Gasteiger partial charge in [-0.25, -0.2) is 9.59 Å². The molecular weight excluding hydrogens is 1390 g/mol. The number of anilines is 1. The van der Waals surface area contributed by atoms with Crippen LogP contribution in [-0.4, -0.2) is 127 Å². The van der Waals surface area contributed by atoms with Crippen molar-refractivity contribution >= 4 is 120 Å². The third kappa shape index (κ3) is 20.4. The largest absolute Gasteiger partial charge is 0.478 e. The Bertz CT molecular complexity index is 3950. The zero-order valence-corrected chi connectivity index (χ0v) is 61.1. The number of carbonyl (C=O) groups is 7. The Morgan fingerprint density at radius 2 is 1.24 bits per heavy atom. The summed E-state index contributed by atoms with van der Waals surface area (Å²) in [5, 5.41) is 23.9. The maximum Gasteiger partial charge on any atom is 0.337 e. The number of rotatable bonds is 31. The molecule has 5 aliphatic rings. The number of carboxylic acids is 1. The molecular formula is C69H91Cl3N6O17S3. The summed E-state index contributed by atoms with van der Waals surface area (Å²) >= 11 is 21.9. The van der Waals surface area contributed by atoms with Gasteiger partial charge in [-0.3, -0.25) is 38.1 Å². The number of ether oxygens (including phenoxy) is 3. The van der Waals surface area contributed by atoms with Gasteiger partial charge in [-0.05, 0) is 159 Å². The van der Waals surface area contributed by atoms with Crippen molar-refractivity contribution in [3.8, 4) is 11.5 Å². The predicted molar refractivity (Wildman–Crippen MR) is 373 cm³/mol. The SMILES string of the molecule is CC1CC(C)(C)Nc2c1cc1c(c2S(=O)(=O)O)Oc2c(S(=O)(=O)O)c3c(cc2=C1c1c(Cl)c(SCC(=O)NCCCCCC(=O)NCCCCCCCCNC(=O)/C=C/C(=O)N[C@@H](CCC(=O)OC2CCCCC2)C(=O)OC2CCCCC2)c(Cl)c(Cl)c1C(=O)O)C(C)CC(C)(C)N=3. The molecule has 3 aromatic rings. The number of nitrogens with zero attached hydrogens (tertiary/aromatic N) is 1.